The van der Waals surface area contributed by atoms with Crippen molar-refractivity contribution in [3.8, 4) is 11.1 Å². The zero-order valence-electron chi connectivity index (χ0n) is 10.6. The van der Waals surface area contributed by atoms with Crippen molar-refractivity contribution >= 4 is 11.6 Å². The molecule has 2 aromatic rings. The van der Waals surface area contributed by atoms with Gasteiger partial charge in [-0.05, 0) is 23.8 Å². The average Bonchev–Trinajstić information content (AvgIpc) is 2.49. The molecule has 0 atom stereocenters. The average molecular weight is 269 g/mol. The lowest BCUT2D eigenvalue weighted by Gasteiger charge is -2.13. The van der Waals surface area contributed by atoms with Crippen LogP contribution >= 0.6 is 0 Å². The molecule has 3 rings (SSSR count). The molecule has 0 saturated heterocycles. The van der Waals surface area contributed by atoms with Gasteiger partial charge in [-0.25, -0.2) is 9.82 Å². The largest absolute Gasteiger partial charge is 0.273 e. The van der Waals surface area contributed by atoms with Crippen LogP contribution in [0.4, 0.5) is 4.39 Å². The van der Waals surface area contributed by atoms with E-state index in [0.29, 0.717) is 29.7 Å². The topological polar surface area (TPSA) is 54.4 Å². The van der Waals surface area contributed by atoms with Gasteiger partial charge in [-0.15, -0.1) is 0 Å². The first-order chi connectivity index (χ1) is 9.74. The van der Waals surface area contributed by atoms with Crippen LogP contribution in [-0.2, 0) is 4.79 Å². The van der Waals surface area contributed by atoms with Crippen LogP contribution in [0.15, 0.2) is 47.8 Å². The van der Waals surface area contributed by atoms with Crippen LogP contribution in [0.25, 0.3) is 11.1 Å². The molecule has 1 amide bonds. The summed E-state index contributed by atoms with van der Waals surface area (Å²) in [6.07, 6.45) is 4.17. The Hall–Kier alpha value is -2.56. The number of nitrogens with one attached hydrogen (secondary N) is 1. The van der Waals surface area contributed by atoms with E-state index in [-0.39, 0.29) is 11.7 Å². The van der Waals surface area contributed by atoms with Gasteiger partial charge in [0.1, 0.15) is 5.82 Å². The number of pyridine rings is 1. The fourth-order valence-electron chi connectivity index (χ4n) is 2.14. The SMILES string of the molecule is O=C1CCC(c2ccc(-c3ccncc3)c(F)c2)=NN1. The molecule has 0 unspecified atom stereocenters. The van der Waals surface area contributed by atoms with Crippen molar-refractivity contribution in [1.82, 2.24) is 10.4 Å². The summed E-state index contributed by atoms with van der Waals surface area (Å²) in [5, 5.41) is 3.96. The highest BCUT2D eigenvalue weighted by Crippen LogP contribution is 2.24. The summed E-state index contributed by atoms with van der Waals surface area (Å²) < 4.78 is 14.2. The van der Waals surface area contributed by atoms with Gasteiger partial charge < -0.3 is 0 Å². The number of aromatic nitrogens is 1. The molecule has 2 heterocycles. The number of hydrogen-bond acceptors (Lipinski definition) is 3. The zero-order chi connectivity index (χ0) is 13.9. The van der Waals surface area contributed by atoms with Crippen LogP contribution in [0.2, 0.25) is 0 Å². The molecule has 1 N–H and O–H groups in total. The molecule has 1 aliphatic rings. The minimum absolute atomic E-state index is 0.109. The molecule has 100 valence electrons. The Balaban J connectivity index is 1.94. The molecular formula is C15H12FN3O. The van der Waals surface area contributed by atoms with Crippen molar-refractivity contribution in [3.05, 3.63) is 54.1 Å². The molecular weight excluding hydrogens is 257 g/mol. The first kappa shape index (κ1) is 12.5. The number of nitrogens with zero attached hydrogens (tertiary/aromatic N) is 2. The smallest absolute Gasteiger partial charge is 0.240 e. The van der Waals surface area contributed by atoms with Crippen molar-refractivity contribution in [2.45, 2.75) is 12.8 Å². The van der Waals surface area contributed by atoms with E-state index in [2.05, 4.69) is 15.5 Å². The van der Waals surface area contributed by atoms with Gasteiger partial charge in [0.15, 0.2) is 0 Å². The minimum atomic E-state index is -0.312. The number of carbonyl (C=O) groups is 1. The Morgan fingerprint density at radius 3 is 2.50 bits per heavy atom. The van der Waals surface area contributed by atoms with E-state index in [1.807, 2.05) is 6.07 Å². The van der Waals surface area contributed by atoms with Gasteiger partial charge in [0.25, 0.3) is 0 Å². The fourth-order valence-corrected chi connectivity index (χ4v) is 2.14. The standard InChI is InChI=1S/C15H12FN3O/c16-13-9-11(14-3-4-15(20)19-18-14)1-2-12(13)10-5-7-17-8-6-10/h1-2,5-9H,3-4H2,(H,19,20). The van der Waals surface area contributed by atoms with Gasteiger partial charge in [-0.1, -0.05) is 12.1 Å². The molecule has 1 aromatic carbocycles. The molecule has 0 aliphatic carbocycles. The van der Waals surface area contributed by atoms with Crippen molar-refractivity contribution in [1.29, 1.82) is 0 Å². The molecule has 0 fully saturated rings. The third-order valence-electron chi connectivity index (χ3n) is 3.20. The predicted molar refractivity (Wildman–Crippen MR) is 73.5 cm³/mol. The molecule has 1 aliphatic heterocycles. The van der Waals surface area contributed by atoms with E-state index in [1.54, 1.807) is 30.6 Å². The van der Waals surface area contributed by atoms with Gasteiger partial charge in [-0.2, -0.15) is 5.10 Å². The van der Waals surface area contributed by atoms with E-state index in [1.165, 1.54) is 6.07 Å². The van der Waals surface area contributed by atoms with E-state index in [0.717, 1.165) is 5.56 Å². The van der Waals surface area contributed by atoms with Gasteiger partial charge >= 0.3 is 0 Å². The number of hydrogen-bond donors (Lipinski definition) is 1. The summed E-state index contributed by atoms with van der Waals surface area (Å²) >= 11 is 0. The van der Waals surface area contributed by atoms with Crippen molar-refractivity contribution in [3.63, 3.8) is 0 Å². The third kappa shape index (κ3) is 2.42. The molecule has 0 spiro atoms. The van der Waals surface area contributed by atoms with Crippen molar-refractivity contribution in [2.24, 2.45) is 5.10 Å². The second-order valence-electron chi connectivity index (χ2n) is 4.52. The van der Waals surface area contributed by atoms with Crippen LogP contribution < -0.4 is 5.43 Å². The summed E-state index contributed by atoms with van der Waals surface area (Å²) in [6.45, 7) is 0. The van der Waals surface area contributed by atoms with Crippen LogP contribution in [0.3, 0.4) is 0 Å². The third-order valence-corrected chi connectivity index (χ3v) is 3.20. The fraction of sp³-hybridized carbons (Fsp3) is 0.133. The maximum atomic E-state index is 14.2. The summed E-state index contributed by atoms with van der Waals surface area (Å²) in [6, 6.07) is 8.51. The minimum Gasteiger partial charge on any atom is -0.273 e. The van der Waals surface area contributed by atoms with Gasteiger partial charge in [0, 0.05) is 36.4 Å². The number of halogens is 1. The predicted octanol–water partition coefficient (Wildman–Crippen LogP) is 2.50. The van der Waals surface area contributed by atoms with Crippen LogP contribution in [0.5, 0.6) is 0 Å². The van der Waals surface area contributed by atoms with Crippen LogP contribution in [0, 0.1) is 5.82 Å². The molecule has 0 bridgehead atoms. The highest BCUT2D eigenvalue weighted by atomic mass is 19.1. The molecule has 4 nitrogen and oxygen atoms in total. The molecule has 0 saturated carbocycles. The highest BCUT2D eigenvalue weighted by molar-refractivity contribution is 6.04. The van der Waals surface area contributed by atoms with Crippen LogP contribution in [0.1, 0.15) is 18.4 Å². The monoisotopic (exact) mass is 269 g/mol. The lowest BCUT2D eigenvalue weighted by Crippen LogP contribution is -2.25. The normalized spacial score (nSPS) is 14.7. The molecule has 5 heteroatoms. The summed E-state index contributed by atoms with van der Waals surface area (Å²) in [4.78, 5) is 15.0. The number of carbonyl (C=O) groups excluding carboxylic acids is 1. The lowest BCUT2D eigenvalue weighted by molar-refractivity contribution is -0.121. The number of benzene rings is 1. The summed E-state index contributed by atoms with van der Waals surface area (Å²) in [5.41, 5.74) is 5.11. The molecule has 1 aromatic heterocycles. The van der Waals surface area contributed by atoms with Gasteiger partial charge in [0.05, 0.1) is 5.71 Å². The van der Waals surface area contributed by atoms with Gasteiger partial charge in [-0.3, -0.25) is 9.78 Å². The first-order valence-corrected chi connectivity index (χ1v) is 6.30. The van der Waals surface area contributed by atoms with E-state index >= 15 is 0 Å². The van der Waals surface area contributed by atoms with Gasteiger partial charge in [0.2, 0.25) is 5.91 Å². The highest BCUT2D eigenvalue weighted by Gasteiger charge is 2.15. The van der Waals surface area contributed by atoms with E-state index in [9.17, 15) is 9.18 Å². The van der Waals surface area contributed by atoms with Crippen molar-refractivity contribution in [2.75, 3.05) is 0 Å². The summed E-state index contributed by atoms with van der Waals surface area (Å²) in [5.74, 6) is -0.420. The Labute approximate surface area is 115 Å². The Bertz CT molecular complexity index is 683. The second-order valence-corrected chi connectivity index (χ2v) is 4.52. The lowest BCUT2D eigenvalue weighted by atomic mass is 10.00. The van der Waals surface area contributed by atoms with Crippen LogP contribution in [-0.4, -0.2) is 16.6 Å². The second kappa shape index (κ2) is 5.21. The maximum Gasteiger partial charge on any atom is 0.240 e. The Morgan fingerprint density at radius 2 is 1.85 bits per heavy atom. The summed E-state index contributed by atoms with van der Waals surface area (Å²) in [7, 11) is 0. The Morgan fingerprint density at radius 1 is 1.05 bits per heavy atom. The zero-order valence-corrected chi connectivity index (χ0v) is 10.6. The van der Waals surface area contributed by atoms with E-state index < -0.39 is 0 Å². The maximum absolute atomic E-state index is 14.2. The number of rotatable bonds is 2. The number of hydrazone groups is 1. The Kier molecular flexibility index (Phi) is 3.25. The number of amides is 1. The van der Waals surface area contributed by atoms with E-state index in [4.69, 9.17) is 0 Å². The van der Waals surface area contributed by atoms with Crippen molar-refractivity contribution < 1.29 is 9.18 Å². The first-order valence-electron chi connectivity index (χ1n) is 6.30. The molecule has 20 heavy (non-hydrogen) atoms. The quantitative estimate of drug-likeness (QED) is 0.910. The molecule has 0 radical (unpaired) electrons.